The molecule has 0 saturated carbocycles. The van der Waals surface area contributed by atoms with Gasteiger partial charge in [0.05, 0.1) is 6.10 Å². The summed E-state index contributed by atoms with van der Waals surface area (Å²) in [7, 11) is 3.95. The van der Waals surface area contributed by atoms with Crippen LogP contribution in [0.3, 0.4) is 0 Å². The van der Waals surface area contributed by atoms with Crippen LogP contribution >= 0.6 is 0 Å². The van der Waals surface area contributed by atoms with E-state index >= 15 is 0 Å². The summed E-state index contributed by atoms with van der Waals surface area (Å²) in [6, 6.07) is 0. The van der Waals surface area contributed by atoms with Gasteiger partial charge in [0.25, 0.3) is 0 Å². The molecule has 0 aromatic rings. The van der Waals surface area contributed by atoms with Gasteiger partial charge >= 0.3 is 0 Å². The van der Waals surface area contributed by atoms with Gasteiger partial charge < -0.3 is 9.64 Å². The van der Waals surface area contributed by atoms with Gasteiger partial charge in [-0.3, -0.25) is 0 Å². The molecular weight excluding hydrogens is 186 g/mol. The zero-order chi connectivity index (χ0) is 10.7. The fourth-order valence-electron chi connectivity index (χ4n) is 2.11. The molecule has 2 rings (SSSR count). The Morgan fingerprint density at radius 2 is 2.27 bits per heavy atom. The lowest BCUT2D eigenvalue weighted by atomic mass is 9.92. The van der Waals surface area contributed by atoms with Crippen molar-refractivity contribution in [3.05, 3.63) is 35.5 Å². The predicted octanol–water partition coefficient (Wildman–Crippen LogP) is 2.15. The molecule has 0 bridgehead atoms. The van der Waals surface area contributed by atoms with Crippen molar-refractivity contribution in [2.45, 2.75) is 18.9 Å². The molecule has 1 heterocycles. The molecule has 0 amide bonds. The molecule has 0 spiro atoms. The minimum absolute atomic E-state index is 0.269. The molecule has 0 aromatic carbocycles. The lowest BCUT2D eigenvalue weighted by Gasteiger charge is -2.25. The van der Waals surface area contributed by atoms with Crippen LogP contribution in [-0.2, 0) is 4.74 Å². The normalized spacial score (nSPS) is 27.5. The van der Waals surface area contributed by atoms with Crippen LogP contribution in [0, 0.1) is 0 Å². The van der Waals surface area contributed by atoms with E-state index in [4.69, 9.17) is 4.74 Å². The van der Waals surface area contributed by atoms with Gasteiger partial charge in [0, 0.05) is 26.6 Å². The Hall–Kier alpha value is -0.860. The first-order valence-corrected chi connectivity index (χ1v) is 5.57. The monoisotopic (exact) mass is 205 g/mol. The maximum Gasteiger partial charge on any atom is 0.0795 e. The number of hydrogen-bond donors (Lipinski definition) is 0. The molecule has 0 aromatic heterocycles. The van der Waals surface area contributed by atoms with Crippen molar-refractivity contribution in [3.8, 4) is 0 Å². The molecule has 1 unspecified atom stereocenters. The van der Waals surface area contributed by atoms with E-state index in [0.29, 0.717) is 0 Å². The quantitative estimate of drug-likeness (QED) is 0.685. The number of methoxy groups -OCH3 is 1. The van der Waals surface area contributed by atoms with E-state index in [0.717, 1.165) is 13.0 Å². The topological polar surface area (TPSA) is 12.5 Å². The molecule has 82 valence electrons. The highest BCUT2D eigenvalue weighted by Crippen LogP contribution is 2.26. The summed E-state index contributed by atoms with van der Waals surface area (Å²) in [6.45, 7) is 2.25. The Bertz CT molecular complexity index is 314. The first-order valence-electron chi connectivity index (χ1n) is 5.57. The molecule has 1 atom stereocenters. The van der Waals surface area contributed by atoms with Crippen LogP contribution in [0.1, 0.15) is 12.8 Å². The van der Waals surface area contributed by atoms with Crippen LogP contribution < -0.4 is 0 Å². The third-order valence-electron chi connectivity index (χ3n) is 3.17. The average Bonchev–Trinajstić information content (AvgIpc) is 2.30. The second-order valence-corrected chi connectivity index (χ2v) is 4.30. The molecule has 2 nitrogen and oxygen atoms in total. The molecule has 0 fully saturated rings. The van der Waals surface area contributed by atoms with Crippen LogP contribution in [-0.4, -0.2) is 38.3 Å². The van der Waals surface area contributed by atoms with Crippen LogP contribution in [0.2, 0.25) is 0 Å². The molecule has 2 aliphatic rings. The van der Waals surface area contributed by atoms with E-state index in [1.54, 1.807) is 7.11 Å². The van der Waals surface area contributed by atoms with Crippen LogP contribution in [0.25, 0.3) is 0 Å². The van der Waals surface area contributed by atoms with E-state index in [-0.39, 0.29) is 6.10 Å². The molecule has 2 heteroatoms. The highest BCUT2D eigenvalue weighted by molar-refractivity contribution is 5.38. The van der Waals surface area contributed by atoms with Gasteiger partial charge in [0.2, 0.25) is 0 Å². The molecule has 1 aliphatic carbocycles. The van der Waals surface area contributed by atoms with Crippen LogP contribution in [0.4, 0.5) is 0 Å². The Balaban J connectivity index is 2.05. The van der Waals surface area contributed by atoms with Gasteiger partial charge in [0.15, 0.2) is 0 Å². The van der Waals surface area contributed by atoms with Crippen molar-refractivity contribution in [3.63, 3.8) is 0 Å². The van der Waals surface area contributed by atoms with Crippen molar-refractivity contribution >= 4 is 0 Å². The first-order chi connectivity index (χ1) is 7.29. The standard InChI is InChI=1S/C13H19NO/c1-14-8-6-11(7-9-14)12-4-3-5-13(10-12)15-2/h3-6,13H,7-10H2,1-2H3. The number of nitrogens with zero attached hydrogens (tertiary/aromatic N) is 1. The molecule has 1 aliphatic heterocycles. The molecule has 0 radical (unpaired) electrons. The Morgan fingerprint density at radius 3 is 2.93 bits per heavy atom. The predicted molar refractivity (Wildman–Crippen MR) is 62.8 cm³/mol. The Morgan fingerprint density at radius 1 is 1.40 bits per heavy atom. The van der Waals surface area contributed by atoms with Crippen molar-refractivity contribution in [1.82, 2.24) is 4.90 Å². The maximum absolute atomic E-state index is 5.37. The number of hydrogen-bond acceptors (Lipinski definition) is 2. The van der Waals surface area contributed by atoms with Gasteiger partial charge in [-0.25, -0.2) is 0 Å². The number of likely N-dealkylation sites (N-methyl/N-ethyl adjacent to an activating group) is 1. The van der Waals surface area contributed by atoms with Crippen molar-refractivity contribution in [2.24, 2.45) is 0 Å². The SMILES string of the molecule is COC1C=CC=C(C2=CCN(C)CC2)C1. The van der Waals surface area contributed by atoms with Gasteiger partial charge in [-0.2, -0.15) is 0 Å². The van der Waals surface area contributed by atoms with E-state index in [2.05, 4.69) is 36.3 Å². The minimum atomic E-state index is 0.269. The van der Waals surface area contributed by atoms with Crippen molar-refractivity contribution < 1.29 is 4.74 Å². The lowest BCUT2D eigenvalue weighted by molar-refractivity contribution is 0.140. The summed E-state index contributed by atoms with van der Waals surface area (Å²) < 4.78 is 5.37. The summed E-state index contributed by atoms with van der Waals surface area (Å²) in [5, 5.41) is 0. The van der Waals surface area contributed by atoms with Crippen LogP contribution in [0.5, 0.6) is 0 Å². The number of ether oxygens (including phenoxy) is 1. The third kappa shape index (κ3) is 2.58. The van der Waals surface area contributed by atoms with E-state index in [9.17, 15) is 0 Å². The summed E-state index contributed by atoms with van der Waals surface area (Å²) in [5.41, 5.74) is 2.97. The average molecular weight is 205 g/mol. The fourth-order valence-corrected chi connectivity index (χ4v) is 2.11. The third-order valence-corrected chi connectivity index (χ3v) is 3.17. The molecule has 0 saturated heterocycles. The van der Waals surface area contributed by atoms with Crippen molar-refractivity contribution in [2.75, 3.05) is 27.2 Å². The highest BCUT2D eigenvalue weighted by Gasteiger charge is 2.16. The Kier molecular flexibility index (Phi) is 3.39. The summed E-state index contributed by atoms with van der Waals surface area (Å²) >= 11 is 0. The summed E-state index contributed by atoms with van der Waals surface area (Å²) in [4.78, 5) is 2.34. The highest BCUT2D eigenvalue weighted by atomic mass is 16.5. The number of allylic oxidation sites excluding steroid dienone is 2. The van der Waals surface area contributed by atoms with Crippen molar-refractivity contribution in [1.29, 1.82) is 0 Å². The summed E-state index contributed by atoms with van der Waals surface area (Å²) in [5.74, 6) is 0. The maximum atomic E-state index is 5.37. The summed E-state index contributed by atoms with van der Waals surface area (Å²) in [6.07, 6.45) is 11.3. The van der Waals surface area contributed by atoms with E-state index in [1.165, 1.54) is 24.1 Å². The zero-order valence-corrected chi connectivity index (χ0v) is 9.57. The lowest BCUT2D eigenvalue weighted by Crippen LogP contribution is -2.25. The smallest absolute Gasteiger partial charge is 0.0795 e. The largest absolute Gasteiger partial charge is 0.377 e. The van der Waals surface area contributed by atoms with Crippen LogP contribution in [0.15, 0.2) is 35.5 Å². The van der Waals surface area contributed by atoms with Gasteiger partial charge in [-0.1, -0.05) is 24.3 Å². The Labute approximate surface area is 91.9 Å². The van der Waals surface area contributed by atoms with Gasteiger partial charge in [-0.15, -0.1) is 0 Å². The minimum Gasteiger partial charge on any atom is -0.377 e. The number of rotatable bonds is 2. The van der Waals surface area contributed by atoms with E-state index < -0.39 is 0 Å². The zero-order valence-electron chi connectivity index (χ0n) is 9.57. The molecular formula is C13H19NO. The molecule has 0 N–H and O–H groups in total. The van der Waals surface area contributed by atoms with E-state index in [1.807, 2.05) is 0 Å². The fraction of sp³-hybridized carbons (Fsp3) is 0.538. The second-order valence-electron chi connectivity index (χ2n) is 4.30. The first kappa shape index (κ1) is 10.7. The molecule has 15 heavy (non-hydrogen) atoms. The van der Waals surface area contributed by atoms with Gasteiger partial charge in [-0.05, 0) is 24.6 Å². The van der Waals surface area contributed by atoms with Gasteiger partial charge in [0.1, 0.15) is 0 Å². The second kappa shape index (κ2) is 4.77.